The average molecular weight is 475 g/mol. The Kier molecular flexibility index (Phi) is 6.39. The predicted molar refractivity (Wildman–Crippen MR) is 135 cm³/mol. The number of nitrogens with zero attached hydrogens (tertiary/aromatic N) is 4. The molecule has 0 bridgehead atoms. The van der Waals surface area contributed by atoms with Gasteiger partial charge in [0.05, 0.1) is 10.7 Å². The zero-order chi connectivity index (χ0) is 24.5. The molecule has 0 atom stereocenters. The number of aromatic amines is 1. The van der Waals surface area contributed by atoms with Crippen LogP contribution >= 0.6 is 11.8 Å². The summed E-state index contributed by atoms with van der Waals surface area (Å²) in [6.07, 6.45) is 3.39. The van der Waals surface area contributed by atoms with Crippen LogP contribution in [0.15, 0.2) is 64.7 Å². The number of anilines is 1. The van der Waals surface area contributed by atoms with Gasteiger partial charge in [-0.3, -0.25) is 9.59 Å². The van der Waals surface area contributed by atoms with Crippen molar-refractivity contribution in [2.75, 3.05) is 5.32 Å². The van der Waals surface area contributed by atoms with Crippen molar-refractivity contribution in [1.29, 1.82) is 0 Å². The van der Waals surface area contributed by atoms with Crippen molar-refractivity contribution in [2.45, 2.75) is 44.4 Å². The largest absolute Gasteiger partial charge is 0.328 e. The third kappa shape index (κ3) is 5.43. The standard InChI is InChI=1S/C25H26N6O2S/c1-15-11-18(14-27-24(15)33)23-29-22(17-9-10-21(26-13-17)34-25(3,4)5)30-31(23)20-8-6-7-19(12-20)28-16(2)32/h6-14H,1-5H3,(H,27,33)(H,28,32). The number of amides is 1. The number of pyridine rings is 2. The fraction of sp³-hybridized carbons (Fsp3) is 0.240. The summed E-state index contributed by atoms with van der Waals surface area (Å²) < 4.78 is 1.76. The van der Waals surface area contributed by atoms with Crippen molar-refractivity contribution in [3.63, 3.8) is 0 Å². The van der Waals surface area contributed by atoms with Gasteiger partial charge in [0, 0.05) is 46.4 Å². The predicted octanol–water partition coefficient (Wildman–Crippen LogP) is 4.84. The minimum Gasteiger partial charge on any atom is -0.328 e. The van der Waals surface area contributed by atoms with Gasteiger partial charge < -0.3 is 10.3 Å². The lowest BCUT2D eigenvalue weighted by atomic mass is 10.2. The summed E-state index contributed by atoms with van der Waals surface area (Å²) in [6.45, 7) is 9.64. The number of hydrogen-bond donors (Lipinski definition) is 2. The van der Waals surface area contributed by atoms with Gasteiger partial charge in [-0.05, 0) is 43.3 Å². The minimum absolute atomic E-state index is 0.0581. The Hall–Kier alpha value is -3.72. The Bertz CT molecular complexity index is 1400. The van der Waals surface area contributed by atoms with E-state index >= 15 is 0 Å². The summed E-state index contributed by atoms with van der Waals surface area (Å²) in [7, 11) is 0. The summed E-state index contributed by atoms with van der Waals surface area (Å²) in [5, 5.41) is 8.48. The summed E-state index contributed by atoms with van der Waals surface area (Å²) in [5.41, 5.74) is 3.28. The van der Waals surface area contributed by atoms with Crippen LogP contribution in [0.3, 0.4) is 0 Å². The number of carbonyl (C=O) groups excluding carboxylic acids is 1. The average Bonchev–Trinajstić information content (AvgIpc) is 3.20. The van der Waals surface area contributed by atoms with E-state index in [1.165, 1.54) is 6.92 Å². The lowest BCUT2D eigenvalue weighted by Crippen LogP contribution is -2.09. The highest BCUT2D eigenvalue weighted by molar-refractivity contribution is 8.00. The molecule has 4 aromatic rings. The van der Waals surface area contributed by atoms with Gasteiger partial charge in [-0.25, -0.2) is 14.6 Å². The summed E-state index contributed by atoms with van der Waals surface area (Å²) in [4.78, 5) is 35.6. The van der Waals surface area contributed by atoms with E-state index < -0.39 is 0 Å². The van der Waals surface area contributed by atoms with Gasteiger partial charge in [0.15, 0.2) is 11.6 Å². The molecular weight excluding hydrogens is 448 g/mol. The van der Waals surface area contributed by atoms with Crippen LogP contribution in [0.25, 0.3) is 28.5 Å². The minimum atomic E-state index is -0.160. The molecule has 0 aliphatic carbocycles. The van der Waals surface area contributed by atoms with E-state index in [0.717, 1.165) is 16.3 Å². The smallest absolute Gasteiger partial charge is 0.250 e. The molecule has 0 saturated heterocycles. The zero-order valence-corrected chi connectivity index (χ0v) is 20.5. The molecule has 174 valence electrons. The van der Waals surface area contributed by atoms with Gasteiger partial charge in [-0.2, -0.15) is 0 Å². The number of carbonyl (C=O) groups is 1. The van der Waals surface area contributed by atoms with E-state index in [2.05, 4.69) is 36.1 Å². The lowest BCUT2D eigenvalue weighted by Gasteiger charge is -2.16. The second kappa shape index (κ2) is 9.26. The Morgan fingerprint density at radius 1 is 1.12 bits per heavy atom. The van der Waals surface area contributed by atoms with Crippen LogP contribution in [-0.4, -0.2) is 35.4 Å². The number of aryl methyl sites for hydroxylation is 1. The molecule has 2 N–H and O–H groups in total. The number of hydrogen-bond acceptors (Lipinski definition) is 6. The van der Waals surface area contributed by atoms with Gasteiger partial charge in [0.2, 0.25) is 5.91 Å². The Balaban J connectivity index is 1.81. The normalized spacial score (nSPS) is 11.4. The first-order valence-corrected chi connectivity index (χ1v) is 11.6. The first kappa shape index (κ1) is 23.4. The van der Waals surface area contributed by atoms with Crippen LogP contribution in [0, 0.1) is 6.92 Å². The molecule has 1 aromatic carbocycles. The molecule has 1 amide bonds. The number of benzene rings is 1. The zero-order valence-electron chi connectivity index (χ0n) is 19.7. The number of thioether (sulfide) groups is 1. The number of nitrogens with one attached hydrogen (secondary N) is 2. The first-order chi connectivity index (χ1) is 16.1. The fourth-order valence-corrected chi connectivity index (χ4v) is 4.20. The maximum absolute atomic E-state index is 11.9. The van der Waals surface area contributed by atoms with E-state index in [0.29, 0.717) is 28.5 Å². The Labute approximate surface area is 201 Å². The third-order valence-corrected chi connectivity index (χ3v) is 5.83. The van der Waals surface area contributed by atoms with Crippen molar-refractivity contribution in [3.8, 4) is 28.5 Å². The van der Waals surface area contributed by atoms with Crippen molar-refractivity contribution >= 4 is 23.4 Å². The van der Waals surface area contributed by atoms with Crippen molar-refractivity contribution < 1.29 is 4.79 Å². The Morgan fingerprint density at radius 2 is 1.91 bits per heavy atom. The molecule has 9 heteroatoms. The summed E-state index contributed by atoms with van der Waals surface area (Å²) >= 11 is 1.69. The molecule has 0 unspecified atom stereocenters. The molecule has 4 rings (SSSR count). The van der Waals surface area contributed by atoms with Crippen LogP contribution < -0.4 is 10.9 Å². The maximum Gasteiger partial charge on any atom is 0.250 e. The highest BCUT2D eigenvalue weighted by Gasteiger charge is 2.18. The van der Waals surface area contributed by atoms with Gasteiger partial charge in [-0.15, -0.1) is 16.9 Å². The molecule has 34 heavy (non-hydrogen) atoms. The number of H-pyrrole nitrogens is 1. The molecule has 0 radical (unpaired) electrons. The molecule has 3 heterocycles. The number of aromatic nitrogens is 5. The lowest BCUT2D eigenvalue weighted by molar-refractivity contribution is -0.114. The van der Waals surface area contributed by atoms with Crippen LogP contribution in [0.5, 0.6) is 0 Å². The Morgan fingerprint density at radius 3 is 2.56 bits per heavy atom. The van der Waals surface area contributed by atoms with E-state index in [-0.39, 0.29) is 16.2 Å². The molecule has 0 aliphatic rings. The van der Waals surface area contributed by atoms with Crippen LogP contribution in [-0.2, 0) is 4.79 Å². The van der Waals surface area contributed by atoms with Gasteiger partial charge in [0.1, 0.15) is 0 Å². The van der Waals surface area contributed by atoms with Crippen LogP contribution in [0.2, 0.25) is 0 Å². The fourth-order valence-electron chi connectivity index (χ4n) is 3.33. The highest BCUT2D eigenvalue weighted by Crippen LogP contribution is 2.31. The van der Waals surface area contributed by atoms with Crippen molar-refractivity contribution in [2.24, 2.45) is 0 Å². The first-order valence-electron chi connectivity index (χ1n) is 10.8. The molecular formula is C25H26N6O2S. The third-order valence-electron chi connectivity index (χ3n) is 4.77. The molecule has 3 aromatic heterocycles. The van der Waals surface area contributed by atoms with Gasteiger partial charge in [0.25, 0.3) is 5.56 Å². The molecule has 0 spiro atoms. The van der Waals surface area contributed by atoms with E-state index in [1.54, 1.807) is 41.8 Å². The van der Waals surface area contributed by atoms with E-state index in [1.807, 2.05) is 36.4 Å². The summed E-state index contributed by atoms with van der Waals surface area (Å²) in [6, 6.07) is 13.0. The number of rotatable bonds is 5. The van der Waals surface area contributed by atoms with Crippen LogP contribution in [0.1, 0.15) is 33.3 Å². The second-order valence-electron chi connectivity index (χ2n) is 8.90. The maximum atomic E-state index is 11.9. The van der Waals surface area contributed by atoms with Gasteiger partial charge in [-0.1, -0.05) is 26.8 Å². The molecule has 0 fully saturated rings. The monoisotopic (exact) mass is 474 g/mol. The highest BCUT2D eigenvalue weighted by atomic mass is 32.2. The van der Waals surface area contributed by atoms with Gasteiger partial charge >= 0.3 is 0 Å². The SMILES string of the molecule is CC(=O)Nc1cccc(-n2nc(-c3ccc(SC(C)(C)C)nc3)nc2-c2c[nH]c(=O)c(C)c2)c1. The quantitative estimate of drug-likeness (QED) is 0.401. The van der Waals surface area contributed by atoms with Crippen molar-refractivity contribution in [1.82, 2.24) is 24.7 Å². The van der Waals surface area contributed by atoms with E-state index in [9.17, 15) is 9.59 Å². The molecule has 0 saturated carbocycles. The second-order valence-corrected chi connectivity index (χ2v) is 10.7. The molecule has 0 aliphatic heterocycles. The van der Waals surface area contributed by atoms with Crippen LogP contribution in [0.4, 0.5) is 5.69 Å². The summed E-state index contributed by atoms with van der Waals surface area (Å²) in [5.74, 6) is 0.901. The van der Waals surface area contributed by atoms with E-state index in [4.69, 9.17) is 10.1 Å². The topological polar surface area (TPSA) is 106 Å². The molecule has 8 nitrogen and oxygen atoms in total. The van der Waals surface area contributed by atoms with Crippen molar-refractivity contribution in [3.05, 3.63) is 70.8 Å².